The van der Waals surface area contributed by atoms with E-state index in [0.29, 0.717) is 17.9 Å². The number of amides is 1. The van der Waals surface area contributed by atoms with Crippen LogP contribution in [0, 0.1) is 13.8 Å². The van der Waals surface area contributed by atoms with Gasteiger partial charge < -0.3 is 10.1 Å². The SMILES string of the molecule is COc1ccc(N(CCCC(=O)N[C@H](c2ccccc2)c2ccc(C)cc2C)S(C)(=O)=O)cc1. The molecular formula is C27H32N2O4S. The number of ether oxygens (including phenoxy) is 1. The van der Waals surface area contributed by atoms with E-state index in [4.69, 9.17) is 4.74 Å². The monoisotopic (exact) mass is 480 g/mol. The first-order valence-electron chi connectivity index (χ1n) is 11.2. The van der Waals surface area contributed by atoms with E-state index in [1.54, 1.807) is 31.4 Å². The van der Waals surface area contributed by atoms with Crippen molar-refractivity contribution in [2.24, 2.45) is 0 Å². The van der Waals surface area contributed by atoms with Crippen molar-refractivity contribution >= 4 is 21.6 Å². The lowest BCUT2D eigenvalue weighted by molar-refractivity contribution is -0.121. The standard InChI is InChI=1S/C27H32N2O4S/c1-20-12-17-25(21(2)19-20)27(22-9-6-5-7-10-22)28-26(30)11-8-18-29(34(4,31)32)23-13-15-24(33-3)16-14-23/h5-7,9-10,12-17,19,27H,8,11,18H2,1-4H3,(H,28,30)/t27-/m1/s1. The highest BCUT2D eigenvalue weighted by Crippen LogP contribution is 2.26. The predicted octanol–water partition coefficient (Wildman–Crippen LogP) is 4.76. The van der Waals surface area contributed by atoms with Gasteiger partial charge in [-0.15, -0.1) is 0 Å². The third-order valence-corrected chi connectivity index (χ3v) is 6.89. The minimum atomic E-state index is -3.49. The van der Waals surface area contributed by atoms with E-state index in [1.165, 1.54) is 16.1 Å². The highest BCUT2D eigenvalue weighted by Gasteiger charge is 2.21. The number of nitrogens with one attached hydrogen (secondary N) is 1. The molecule has 3 aromatic carbocycles. The summed E-state index contributed by atoms with van der Waals surface area (Å²) >= 11 is 0. The average molecular weight is 481 g/mol. The third-order valence-electron chi connectivity index (χ3n) is 5.70. The van der Waals surface area contributed by atoms with Gasteiger partial charge in [0.2, 0.25) is 15.9 Å². The van der Waals surface area contributed by atoms with Gasteiger partial charge in [-0.1, -0.05) is 54.1 Å². The van der Waals surface area contributed by atoms with Gasteiger partial charge in [-0.2, -0.15) is 0 Å². The van der Waals surface area contributed by atoms with Crippen LogP contribution < -0.4 is 14.4 Å². The van der Waals surface area contributed by atoms with Gasteiger partial charge in [-0.05, 0) is 61.2 Å². The van der Waals surface area contributed by atoms with Crippen LogP contribution in [0.15, 0.2) is 72.8 Å². The van der Waals surface area contributed by atoms with Gasteiger partial charge in [0.15, 0.2) is 0 Å². The maximum absolute atomic E-state index is 12.9. The Morgan fingerprint density at radius 2 is 1.68 bits per heavy atom. The molecule has 1 atom stereocenters. The largest absolute Gasteiger partial charge is 0.497 e. The molecule has 0 fully saturated rings. The van der Waals surface area contributed by atoms with Gasteiger partial charge in [-0.25, -0.2) is 8.42 Å². The molecule has 180 valence electrons. The molecule has 0 spiro atoms. The van der Waals surface area contributed by atoms with Crippen LogP contribution in [0.2, 0.25) is 0 Å². The molecule has 0 unspecified atom stereocenters. The Balaban J connectivity index is 1.71. The molecular weight excluding hydrogens is 448 g/mol. The summed E-state index contributed by atoms with van der Waals surface area (Å²) in [5.74, 6) is 0.520. The summed E-state index contributed by atoms with van der Waals surface area (Å²) in [7, 11) is -1.94. The number of carbonyl (C=O) groups excluding carboxylic acids is 1. The van der Waals surface area contributed by atoms with Gasteiger partial charge in [0, 0.05) is 13.0 Å². The number of benzene rings is 3. The van der Waals surface area contributed by atoms with Gasteiger partial charge in [-0.3, -0.25) is 9.10 Å². The summed E-state index contributed by atoms with van der Waals surface area (Å²) in [6.07, 6.45) is 1.76. The number of carbonyl (C=O) groups is 1. The molecule has 6 nitrogen and oxygen atoms in total. The predicted molar refractivity (Wildman–Crippen MR) is 137 cm³/mol. The molecule has 34 heavy (non-hydrogen) atoms. The number of nitrogens with zero attached hydrogens (tertiary/aromatic N) is 1. The molecule has 3 aromatic rings. The lowest BCUT2D eigenvalue weighted by atomic mass is 9.93. The van der Waals surface area contributed by atoms with Crippen LogP contribution in [0.5, 0.6) is 5.75 Å². The van der Waals surface area contributed by atoms with Crippen molar-refractivity contribution in [1.82, 2.24) is 5.32 Å². The number of anilines is 1. The van der Waals surface area contributed by atoms with E-state index < -0.39 is 10.0 Å². The fourth-order valence-corrected chi connectivity index (χ4v) is 4.95. The summed E-state index contributed by atoms with van der Waals surface area (Å²) in [6, 6.07) is 22.6. The molecule has 0 aliphatic heterocycles. The second kappa shape index (κ2) is 11.2. The number of methoxy groups -OCH3 is 1. The highest BCUT2D eigenvalue weighted by atomic mass is 32.2. The molecule has 0 aliphatic carbocycles. The lowest BCUT2D eigenvalue weighted by Gasteiger charge is -2.24. The van der Waals surface area contributed by atoms with E-state index in [2.05, 4.69) is 17.4 Å². The number of rotatable bonds is 10. The van der Waals surface area contributed by atoms with Crippen LogP contribution >= 0.6 is 0 Å². The molecule has 7 heteroatoms. The second-order valence-corrected chi connectivity index (χ2v) is 10.3. The molecule has 0 saturated heterocycles. The Morgan fingerprint density at radius 1 is 1.00 bits per heavy atom. The lowest BCUT2D eigenvalue weighted by Crippen LogP contribution is -2.33. The second-order valence-electron chi connectivity index (χ2n) is 8.41. The molecule has 0 bridgehead atoms. The zero-order valence-corrected chi connectivity index (χ0v) is 20.9. The van der Waals surface area contributed by atoms with E-state index >= 15 is 0 Å². The van der Waals surface area contributed by atoms with Crippen molar-refractivity contribution in [2.75, 3.05) is 24.2 Å². The Bertz CT molecular complexity index is 1210. The van der Waals surface area contributed by atoms with Crippen LogP contribution in [0.1, 0.15) is 41.1 Å². The van der Waals surface area contributed by atoms with Crippen LogP contribution in [0.4, 0.5) is 5.69 Å². The van der Waals surface area contributed by atoms with Gasteiger partial charge in [0.1, 0.15) is 5.75 Å². The van der Waals surface area contributed by atoms with Crippen LogP contribution in [-0.2, 0) is 14.8 Å². The average Bonchev–Trinajstić information content (AvgIpc) is 2.81. The number of aryl methyl sites for hydroxylation is 2. The summed E-state index contributed by atoms with van der Waals surface area (Å²) in [6.45, 7) is 4.30. The van der Waals surface area contributed by atoms with Gasteiger partial charge in [0.05, 0.1) is 25.1 Å². The zero-order valence-electron chi connectivity index (χ0n) is 20.1. The fourth-order valence-electron chi connectivity index (χ4n) is 3.99. The normalized spacial score (nSPS) is 12.1. The summed E-state index contributed by atoms with van der Waals surface area (Å²) in [4.78, 5) is 12.9. The number of hydrogen-bond acceptors (Lipinski definition) is 4. The van der Waals surface area contributed by atoms with E-state index in [1.807, 2.05) is 50.2 Å². The van der Waals surface area contributed by atoms with E-state index in [-0.39, 0.29) is 24.9 Å². The summed E-state index contributed by atoms with van der Waals surface area (Å²) in [5, 5.41) is 3.15. The smallest absolute Gasteiger partial charge is 0.232 e. The molecule has 0 heterocycles. The number of sulfonamides is 1. The zero-order chi connectivity index (χ0) is 24.7. The van der Waals surface area contributed by atoms with Crippen LogP contribution in [0.25, 0.3) is 0 Å². The molecule has 1 amide bonds. The maximum atomic E-state index is 12.9. The molecule has 0 radical (unpaired) electrons. The topological polar surface area (TPSA) is 75.7 Å². The fraction of sp³-hybridized carbons (Fsp3) is 0.296. The minimum Gasteiger partial charge on any atom is -0.497 e. The van der Waals surface area contributed by atoms with Crippen molar-refractivity contribution in [2.45, 2.75) is 32.7 Å². The first-order chi connectivity index (χ1) is 16.2. The first kappa shape index (κ1) is 25.3. The molecule has 0 aromatic heterocycles. The molecule has 1 N–H and O–H groups in total. The van der Waals surface area contributed by atoms with Gasteiger partial charge in [0.25, 0.3) is 0 Å². The van der Waals surface area contributed by atoms with Crippen molar-refractivity contribution in [1.29, 1.82) is 0 Å². The molecule has 0 aliphatic rings. The van der Waals surface area contributed by atoms with Crippen molar-refractivity contribution < 1.29 is 17.9 Å². The highest BCUT2D eigenvalue weighted by molar-refractivity contribution is 7.92. The quantitative estimate of drug-likeness (QED) is 0.454. The Morgan fingerprint density at radius 3 is 2.26 bits per heavy atom. The van der Waals surface area contributed by atoms with Crippen molar-refractivity contribution in [3.8, 4) is 5.75 Å². The van der Waals surface area contributed by atoms with E-state index in [9.17, 15) is 13.2 Å². The maximum Gasteiger partial charge on any atom is 0.232 e. The molecule has 3 rings (SSSR count). The van der Waals surface area contributed by atoms with Crippen LogP contribution in [-0.4, -0.2) is 34.2 Å². The number of hydrogen-bond donors (Lipinski definition) is 1. The van der Waals surface area contributed by atoms with E-state index in [0.717, 1.165) is 16.7 Å². The van der Waals surface area contributed by atoms with Crippen molar-refractivity contribution in [3.05, 3.63) is 95.1 Å². The minimum absolute atomic E-state index is 0.128. The Hall–Kier alpha value is -3.32. The van der Waals surface area contributed by atoms with Crippen LogP contribution in [0.3, 0.4) is 0 Å². The van der Waals surface area contributed by atoms with Gasteiger partial charge >= 0.3 is 0 Å². The third kappa shape index (κ3) is 6.60. The Labute approximate surface area is 202 Å². The Kier molecular flexibility index (Phi) is 8.34. The summed E-state index contributed by atoms with van der Waals surface area (Å²) in [5.41, 5.74) is 4.86. The summed E-state index contributed by atoms with van der Waals surface area (Å²) < 4.78 is 31.2. The molecule has 0 saturated carbocycles. The first-order valence-corrected chi connectivity index (χ1v) is 13.1. The van der Waals surface area contributed by atoms with Crippen molar-refractivity contribution in [3.63, 3.8) is 0 Å².